The van der Waals surface area contributed by atoms with Gasteiger partial charge in [-0.3, -0.25) is 0 Å². The number of nitrogens with zero attached hydrogens (tertiary/aromatic N) is 2. The van der Waals surface area contributed by atoms with Gasteiger partial charge in [-0.15, -0.1) is 0 Å². The summed E-state index contributed by atoms with van der Waals surface area (Å²) in [4.78, 5) is 4.86. The molecule has 0 unspecified atom stereocenters. The Balaban J connectivity index is -0.0000000660. The third-order valence-corrected chi connectivity index (χ3v) is 7.21. The van der Waals surface area contributed by atoms with Crippen LogP contribution < -0.4 is 5.31 Å². The summed E-state index contributed by atoms with van der Waals surface area (Å²) < 4.78 is 6.66. The summed E-state index contributed by atoms with van der Waals surface area (Å²) in [6, 6.07) is 0. The molecule has 0 bridgehead atoms. The van der Waals surface area contributed by atoms with Gasteiger partial charge in [-0.1, -0.05) is 169 Å². The molecule has 2 aliphatic carbocycles. The highest BCUT2D eigenvalue weighted by Crippen LogP contribution is 2.28. The van der Waals surface area contributed by atoms with Crippen molar-refractivity contribution in [3.63, 3.8) is 0 Å². The third kappa shape index (κ3) is 42.3. The van der Waals surface area contributed by atoms with Gasteiger partial charge in [-0.25, -0.2) is 0 Å². The van der Waals surface area contributed by atoms with Gasteiger partial charge >= 0.3 is 0 Å². The van der Waals surface area contributed by atoms with E-state index < -0.39 is 0 Å². The van der Waals surface area contributed by atoms with Crippen molar-refractivity contribution in [2.45, 2.75) is 182 Å². The van der Waals surface area contributed by atoms with Crippen LogP contribution in [0.25, 0.3) is 0 Å². The predicted octanol–water partition coefficient (Wildman–Crippen LogP) is 12.2. The Kier molecular flexibility index (Phi) is 72.1. The van der Waals surface area contributed by atoms with E-state index in [4.69, 9.17) is 1.41 Å². The first-order valence-electron chi connectivity index (χ1n) is 18.1. The molecule has 2 heterocycles. The van der Waals surface area contributed by atoms with Gasteiger partial charge in [0.25, 0.3) is 0 Å². The van der Waals surface area contributed by atoms with Gasteiger partial charge in [0.2, 0.25) is 0 Å². The Bertz CT molecular complexity index is 307. The number of hydrogen-bond acceptors (Lipinski definition) is 3. The highest BCUT2D eigenvalue weighted by atomic mass is 15.2. The van der Waals surface area contributed by atoms with Gasteiger partial charge in [0.05, 0.1) is 0 Å². The number of rotatable bonds is 5. The summed E-state index contributed by atoms with van der Waals surface area (Å²) in [5, 5.41) is 1.38. The first-order chi connectivity index (χ1) is 19.0. The van der Waals surface area contributed by atoms with E-state index in [2.05, 4.69) is 37.5 Å². The molecule has 0 radical (unpaired) electrons. The van der Waals surface area contributed by atoms with Crippen molar-refractivity contribution in [2.24, 2.45) is 11.8 Å². The molecule has 0 aromatic carbocycles. The maximum atomic E-state index is 6.66. The monoisotopic (exact) mass is 580 g/mol. The quantitative estimate of drug-likeness (QED) is 0.349. The molecule has 3 nitrogen and oxygen atoms in total. The summed E-state index contributed by atoms with van der Waals surface area (Å²) in [6.07, 6.45) is 17.7. The van der Waals surface area contributed by atoms with Crippen LogP contribution in [0.15, 0.2) is 0 Å². The lowest BCUT2D eigenvalue weighted by atomic mass is 9.84. The zero-order valence-corrected chi connectivity index (χ0v) is 29.9. The van der Waals surface area contributed by atoms with Gasteiger partial charge in [0, 0.05) is 0 Å². The van der Waals surface area contributed by atoms with Crippen molar-refractivity contribution in [2.75, 3.05) is 52.9 Å². The zero-order chi connectivity index (χ0) is 31.3. The third-order valence-electron chi connectivity index (χ3n) is 7.21. The van der Waals surface area contributed by atoms with E-state index in [1.165, 1.54) is 122 Å². The topological polar surface area (TPSA) is 18.5 Å². The largest absolute Gasteiger partial charge is 0.320 e. The van der Waals surface area contributed by atoms with Crippen LogP contribution in [0.2, 0.25) is 1.41 Å². The highest BCUT2D eigenvalue weighted by molar-refractivity contribution is 4.67. The molecule has 2 aliphatic heterocycles. The van der Waals surface area contributed by atoms with Gasteiger partial charge in [-0.2, -0.15) is 0 Å². The molecule has 0 atom stereocenters. The van der Waals surface area contributed by atoms with Gasteiger partial charge in [-0.05, 0) is 77.5 Å². The summed E-state index contributed by atoms with van der Waals surface area (Å²) in [6.45, 7) is 35.6. The Morgan fingerprint density at radius 3 is 0.875 bits per heavy atom. The average molecular weight is 580 g/mol. The second kappa shape index (κ2) is 54.9. The molecular weight excluding hydrogens is 486 g/mol. The summed E-state index contributed by atoms with van der Waals surface area (Å²) in [7, 11) is 1.72. The zero-order valence-electron chi connectivity index (χ0n) is 30.9. The molecule has 0 aromatic heterocycles. The highest BCUT2D eigenvalue weighted by Gasteiger charge is 2.13. The van der Waals surface area contributed by atoms with Crippen LogP contribution >= 0.6 is 0 Å². The van der Waals surface area contributed by atoms with Crippen LogP contribution in [0.3, 0.4) is 0 Å². The molecule has 0 amide bonds. The van der Waals surface area contributed by atoms with Crippen molar-refractivity contribution in [3.05, 3.63) is 0 Å². The van der Waals surface area contributed by atoms with E-state index in [0.717, 1.165) is 18.4 Å². The molecule has 40 heavy (non-hydrogen) atoms. The van der Waals surface area contributed by atoms with Crippen LogP contribution in [0, 0.1) is 11.8 Å². The fraction of sp³-hybridized carbons (Fsp3) is 1.00. The summed E-state index contributed by atoms with van der Waals surface area (Å²) in [5.41, 5.74) is 0. The van der Waals surface area contributed by atoms with Crippen LogP contribution in [0.5, 0.6) is 0 Å². The Morgan fingerprint density at radius 1 is 0.525 bits per heavy atom. The Hall–Kier alpha value is -0.120. The van der Waals surface area contributed by atoms with Crippen LogP contribution in [0.1, 0.15) is 182 Å². The van der Waals surface area contributed by atoms with E-state index in [0.29, 0.717) is 0 Å². The average Bonchev–Trinajstić information content (AvgIpc) is 2.93. The lowest BCUT2D eigenvalue weighted by Gasteiger charge is -2.28. The minimum absolute atomic E-state index is 0. The van der Waals surface area contributed by atoms with Crippen molar-refractivity contribution < 1.29 is 1.41 Å². The molecular formula is C37H91N3. The molecule has 0 aromatic rings. The second-order valence-electron chi connectivity index (χ2n) is 9.33. The molecule has 1 N–H and O–H groups in total. The van der Waals surface area contributed by atoms with Gasteiger partial charge < -0.3 is 15.1 Å². The molecule has 4 aliphatic rings. The Labute approximate surface area is 262 Å². The first-order valence-corrected chi connectivity index (χ1v) is 17.6. The molecule has 254 valence electrons. The number of nitrogens with one attached hydrogen (secondary N) is 1. The Morgan fingerprint density at radius 2 is 0.800 bits per heavy atom. The van der Waals surface area contributed by atoms with E-state index in [1.807, 2.05) is 62.3 Å². The maximum absolute atomic E-state index is 6.66. The van der Waals surface area contributed by atoms with Gasteiger partial charge in [0.1, 0.15) is 1.41 Å². The molecule has 2 saturated heterocycles. The lowest BCUT2D eigenvalue weighted by Crippen LogP contribution is -2.36. The smallest absolute Gasteiger partial charge is 0.122 e. The van der Waals surface area contributed by atoms with E-state index in [-0.39, 0.29) is 14.9 Å². The first kappa shape index (κ1) is 52.5. The van der Waals surface area contributed by atoms with Gasteiger partial charge in [0.15, 0.2) is 0 Å². The molecule has 4 rings (SSSR count). The van der Waals surface area contributed by atoms with Crippen molar-refractivity contribution >= 4 is 0 Å². The molecule has 0 spiro atoms. The maximum Gasteiger partial charge on any atom is 0.122 e. The fourth-order valence-corrected chi connectivity index (χ4v) is 3.89. The number of hydrogen-bond donors (Lipinski definition) is 1. The van der Waals surface area contributed by atoms with E-state index in [9.17, 15) is 0 Å². The lowest BCUT2D eigenvalue weighted by molar-refractivity contribution is 0.192. The standard InChI is InChI=1S/C8H16.C6H12.2C5H11N.C3H9N.4C2H6.2CH4/c1-2-8-6-4-3-5-7-8;3*1-2-6-4-3-5-6;1-3-4-2;4*1-2;;/h8H,2-7H2,1H3;6H,2-5H2,1H3;2*2-5H2,1H3;4H,3H2,1-2H3;4*1-2H3;2*1H4/i/hT. The SMILES string of the molecule is C.C.CC.CC.CC.CC.CCC1CCC1.CCC1CCCCC1.CCN1CCC1.CCN1CCC1.[3H]N(C)CC. The normalized spacial score (nSPS) is 17.1. The minimum Gasteiger partial charge on any atom is -0.320 e. The van der Waals surface area contributed by atoms with E-state index >= 15 is 0 Å². The minimum atomic E-state index is 0. The number of likely N-dealkylation sites (tertiary alicyclic amines) is 2. The van der Waals surface area contributed by atoms with Crippen molar-refractivity contribution in [1.29, 1.82) is 0 Å². The van der Waals surface area contributed by atoms with Crippen molar-refractivity contribution in [3.8, 4) is 0 Å². The second-order valence-corrected chi connectivity index (χ2v) is 9.33. The summed E-state index contributed by atoms with van der Waals surface area (Å²) >= 11 is 0. The van der Waals surface area contributed by atoms with E-state index in [1.54, 1.807) is 7.05 Å². The molecule has 4 fully saturated rings. The molecule has 2 saturated carbocycles. The van der Waals surface area contributed by atoms with Crippen LogP contribution in [-0.4, -0.2) is 62.7 Å². The van der Waals surface area contributed by atoms with Crippen molar-refractivity contribution in [1.82, 2.24) is 15.1 Å². The van der Waals surface area contributed by atoms with Crippen LogP contribution in [-0.2, 0) is 0 Å². The summed E-state index contributed by atoms with van der Waals surface area (Å²) in [5.74, 6) is 2.20. The fourth-order valence-electron chi connectivity index (χ4n) is 3.89. The predicted molar refractivity (Wildman–Crippen MR) is 196 cm³/mol. The molecule has 3 heteroatoms. The van der Waals surface area contributed by atoms with Crippen LogP contribution in [0.4, 0.5) is 0 Å².